The lowest BCUT2D eigenvalue weighted by molar-refractivity contribution is 0.162. The first-order valence-corrected chi connectivity index (χ1v) is 9.63. The normalized spacial score (nSPS) is 33.8. The van der Waals surface area contributed by atoms with E-state index in [-0.39, 0.29) is 23.2 Å². The molecule has 0 aromatic heterocycles. The van der Waals surface area contributed by atoms with E-state index in [1.54, 1.807) is 7.11 Å². The van der Waals surface area contributed by atoms with Crippen LogP contribution in [-0.4, -0.2) is 34.5 Å². The quantitative estimate of drug-likeness (QED) is 0.611. The van der Waals surface area contributed by atoms with Gasteiger partial charge in [-0.1, -0.05) is 41.3 Å². The van der Waals surface area contributed by atoms with E-state index in [0.717, 1.165) is 25.0 Å². The molecule has 126 valence electrons. The Morgan fingerprint density at radius 3 is 2.78 bits per heavy atom. The highest BCUT2D eigenvalue weighted by Gasteiger charge is 2.49. The van der Waals surface area contributed by atoms with E-state index in [1.807, 2.05) is 30.0 Å². The van der Waals surface area contributed by atoms with Crippen LogP contribution in [0.4, 0.5) is 0 Å². The molecule has 1 N–H and O–H groups in total. The van der Waals surface area contributed by atoms with Gasteiger partial charge in [-0.15, -0.1) is 0 Å². The van der Waals surface area contributed by atoms with Crippen molar-refractivity contribution in [1.29, 1.82) is 0 Å². The molecule has 1 aromatic rings. The highest BCUT2D eigenvalue weighted by Crippen LogP contribution is 2.53. The lowest BCUT2D eigenvalue weighted by Gasteiger charge is -2.37. The zero-order valence-corrected chi connectivity index (χ0v) is 15.5. The summed E-state index contributed by atoms with van der Waals surface area (Å²) < 4.78 is 0. The first-order chi connectivity index (χ1) is 11.0. The summed E-state index contributed by atoms with van der Waals surface area (Å²) >= 11 is 14.2. The first-order valence-electron chi connectivity index (χ1n) is 7.93. The van der Waals surface area contributed by atoms with Crippen LogP contribution in [0.1, 0.15) is 37.7 Å². The van der Waals surface area contributed by atoms with Crippen LogP contribution in [-0.2, 0) is 4.84 Å². The Hall–Kier alpha value is -0.420. The van der Waals surface area contributed by atoms with Gasteiger partial charge in [0.1, 0.15) is 7.11 Å². The van der Waals surface area contributed by atoms with Gasteiger partial charge in [-0.3, -0.25) is 0 Å². The molecule has 3 nitrogen and oxygen atoms in total. The van der Waals surface area contributed by atoms with Gasteiger partial charge in [0.2, 0.25) is 0 Å². The van der Waals surface area contributed by atoms with Crippen LogP contribution in [0.25, 0.3) is 0 Å². The number of nitrogens with zero attached hydrogens (tertiary/aromatic N) is 1. The van der Waals surface area contributed by atoms with E-state index >= 15 is 0 Å². The highest BCUT2D eigenvalue weighted by atomic mass is 35.5. The topological polar surface area (TPSA) is 41.8 Å². The van der Waals surface area contributed by atoms with Crippen LogP contribution in [0.2, 0.25) is 10.0 Å². The number of fused-ring (bicyclic) bond motifs is 2. The number of halogens is 2. The molecule has 6 heteroatoms. The summed E-state index contributed by atoms with van der Waals surface area (Å²) in [4.78, 5) is 5.07. The van der Waals surface area contributed by atoms with Crippen molar-refractivity contribution in [3.8, 4) is 0 Å². The van der Waals surface area contributed by atoms with E-state index < -0.39 is 0 Å². The summed E-state index contributed by atoms with van der Waals surface area (Å²) in [5, 5.41) is 16.6. The summed E-state index contributed by atoms with van der Waals surface area (Å²) in [5.74, 6) is 0.447. The Balaban J connectivity index is 2.01. The molecule has 23 heavy (non-hydrogen) atoms. The third kappa shape index (κ3) is 3.37. The molecule has 2 fully saturated rings. The summed E-state index contributed by atoms with van der Waals surface area (Å²) in [6.07, 6.45) is 2.40. The number of aliphatic hydroxyl groups is 1. The summed E-state index contributed by atoms with van der Waals surface area (Å²) in [6, 6.07) is 5.87. The Labute approximate surface area is 151 Å². The summed E-state index contributed by atoms with van der Waals surface area (Å²) in [6.45, 7) is 2.09. The maximum absolute atomic E-state index is 10.5. The van der Waals surface area contributed by atoms with E-state index in [9.17, 15) is 5.11 Å². The van der Waals surface area contributed by atoms with Gasteiger partial charge in [0, 0.05) is 16.4 Å². The molecule has 0 saturated carbocycles. The minimum absolute atomic E-state index is 0.163. The van der Waals surface area contributed by atoms with Gasteiger partial charge in [-0.25, -0.2) is 0 Å². The Kier molecular flexibility index (Phi) is 5.46. The SMILES string of the molecule is CCC(=NOC)[C@H]1[C@@H](c2ccc(Cl)c(Cl)c2)CC2CC(O)[C@H]1S2. The molecule has 3 rings (SSSR count). The Morgan fingerprint density at radius 2 is 2.13 bits per heavy atom. The molecule has 0 amide bonds. The van der Waals surface area contributed by atoms with Gasteiger partial charge in [0.05, 0.1) is 21.9 Å². The van der Waals surface area contributed by atoms with Crippen molar-refractivity contribution in [2.75, 3.05) is 7.11 Å². The monoisotopic (exact) mass is 373 g/mol. The molecule has 0 spiro atoms. The van der Waals surface area contributed by atoms with Gasteiger partial charge < -0.3 is 9.94 Å². The second-order valence-corrected chi connectivity index (χ2v) is 8.48. The fraction of sp³-hybridized carbons (Fsp3) is 0.588. The largest absolute Gasteiger partial charge is 0.399 e. The van der Waals surface area contributed by atoms with Crippen LogP contribution in [0.15, 0.2) is 23.4 Å². The molecule has 2 saturated heterocycles. The first kappa shape index (κ1) is 17.4. The standard InChI is InChI=1S/C17H21Cl2NO2S/c1-3-14(20-22-2)16-11(7-10-8-15(21)17(16)23-10)9-4-5-12(18)13(19)6-9/h4-6,10-11,15-17,21H,3,7-8H2,1-2H3/t10?,11-,15?,16-,17-/m1/s1. The van der Waals surface area contributed by atoms with Crippen LogP contribution in [0.5, 0.6) is 0 Å². The molecule has 0 radical (unpaired) electrons. The molecule has 1 aromatic carbocycles. The summed E-state index contributed by atoms with van der Waals surface area (Å²) in [5.41, 5.74) is 2.19. The zero-order chi connectivity index (χ0) is 16.6. The van der Waals surface area contributed by atoms with Crippen LogP contribution >= 0.6 is 35.0 Å². The maximum Gasteiger partial charge on any atom is 0.106 e. The molecular weight excluding hydrogens is 353 g/mol. The van der Waals surface area contributed by atoms with Crippen molar-refractivity contribution < 1.29 is 9.94 Å². The number of rotatable bonds is 4. The van der Waals surface area contributed by atoms with Crippen molar-refractivity contribution in [1.82, 2.24) is 0 Å². The van der Waals surface area contributed by atoms with Crippen molar-refractivity contribution in [2.45, 2.75) is 48.7 Å². The van der Waals surface area contributed by atoms with Gasteiger partial charge >= 0.3 is 0 Å². The molecule has 0 aliphatic carbocycles. The fourth-order valence-corrected chi connectivity index (χ4v) is 6.08. The number of hydrogen-bond acceptors (Lipinski definition) is 4. The van der Waals surface area contributed by atoms with Crippen molar-refractivity contribution in [2.24, 2.45) is 11.1 Å². The number of thioether (sulfide) groups is 1. The third-order valence-electron chi connectivity index (χ3n) is 4.86. The smallest absolute Gasteiger partial charge is 0.106 e. The van der Waals surface area contributed by atoms with E-state index in [4.69, 9.17) is 28.0 Å². The number of benzene rings is 1. The number of oxime groups is 1. The highest BCUT2D eigenvalue weighted by molar-refractivity contribution is 8.00. The second kappa shape index (κ2) is 7.22. The maximum atomic E-state index is 10.5. The number of aliphatic hydroxyl groups excluding tert-OH is 1. The van der Waals surface area contributed by atoms with E-state index in [0.29, 0.717) is 15.3 Å². The van der Waals surface area contributed by atoms with Crippen molar-refractivity contribution >= 4 is 40.7 Å². The molecular formula is C17H21Cl2NO2S. The zero-order valence-electron chi connectivity index (χ0n) is 13.2. The van der Waals surface area contributed by atoms with E-state index in [1.165, 1.54) is 5.56 Å². The Bertz CT molecular complexity index is 610. The molecule has 2 unspecified atom stereocenters. The minimum Gasteiger partial charge on any atom is -0.399 e. The predicted molar refractivity (Wildman–Crippen MR) is 97.8 cm³/mol. The van der Waals surface area contributed by atoms with Crippen LogP contribution in [0.3, 0.4) is 0 Å². The van der Waals surface area contributed by atoms with Gasteiger partial charge in [-0.05, 0) is 42.9 Å². The number of hydrogen-bond donors (Lipinski definition) is 1. The van der Waals surface area contributed by atoms with Gasteiger partial charge in [0.25, 0.3) is 0 Å². The Morgan fingerprint density at radius 1 is 1.35 bits per heavy atom. The second-order valence-electron chi connectivity index (χ2n) is 6.19. The molecule has 2 heterocycles. The fourth-order valence-electron chi connectivity index (χ4n) is 3.89. The third-order valence-corrected chi connectivity index (χ3v) is 7.30. The van der Waals surface area contributed by atoms with Crippen LogP contribution in [0, 0.1) is 5.92 Å². The van der Waals surface area contributed by atoms with E-state index in [2.05, 4.69) is 12.1 Å². The summed E-state index contributed by atoms with van der Waals surface area (Å²) in [7, 11) is 1.58. The molecule has 2 aliphatic rings. The lowest BCUT2D eigenvalue weighted by Crippen LogP contribution is -2.38. The predicted octanol–water partition coefficient (Wildman–Crippen LogP) is 4.74. The molecule has 2 aliphatic heterocycles. The van der Waals surface area contributed by atoms with Crippen LogP contribution < -0.4 is 0 Å². The molecule has 2 bridgehead atoms. The average Bonchev–Trinajstić information content (AvgIpc) is 2.83. The minimum atomic E-state index is -0.281. The lowest BCUT2D eigenvalue weighted by atomic mass is 9.78. The van der Waals surface area contributed by atoms with Crippen molar-refractivity contribution in [3.05, 3.63) is 33.8 Å². The average molecular weight is 374 g/mol. The molecule has 5 atom stereocenters. The van der Waals surface area contributed by atoms with Gasteiger partial charge in [0.15, 0.2) is 0 Å². The van der Waals surface area contributed by atoms with Crippen molar-refractivity contribution in [3.63, 3.8) is 0 Å². The van der Waals surface area contributed by atoms with Gasteiger partial charge in [-0.2, -0.15) is 11.8 Å².